The molecule has 6 heteroatoms. The van der Waals surface area contributed by atoms with Crippen LogP contribution in [0.2, 0.25) is 0 Å². The maximum Gasteiger partial charge on any atom is 0.279 e. The molecular formula is C14H29N3O2S. The summed E-state index contributed by atoms with van der Waals surface area (Å²) in [5, 5.41) is 0. The number of rotatable bonds is 5. The lowest BCUT2D eigenvalue weighted by molar-refractivity contribution is 0.213. The predicted molar refractivity (Wildman–Crippen MR) is 81.8 cm³/mol. The maximum atomic E-state index is 12.4. The molecule has 0 aromatic rings. The molecule has 0 bridgehead atoms. The van der Waals surface area contributed by atoms with Gasteiger partial charge in [-0.15, -0.1) is 0 Å². The highest BCUT2D eigenvalue weighted by Gasteiger charge is 2.28. The van der Waals surface area contributed by atoms with Gasteiger partial charge in [0.15, 0.2) is 0 Å². The second-order valence-corrected chi connectivity index (χ2v) is 8.19. The summed E-state index contributed by atoms with van der Waals surface area (Å²) in [7, 11) is -3.31. The summed E-state index contributed by atoms with van der Waals surface area (Å²) in [6, 6.07) is -0.0182. The maximum absolute atomic E-state index is 12.4. The Kier molecular flexibility index (Phi) is 5.84. The molecule has 118 valence electrons. The molecule has 2 heterocycles. The largest absolute Gasteiger partial charge is 0.302 e. The van der Waals surface area contributed by atoms with Gasteiger partial charge >= 0.3 is 0 Å². The summed E-state index contributed by atoms with van der Waals surface area (Å²) in [4.78, 5) is 2.37. The summed E-state index contributed by atoms with van der Waals surface area (Å²) < 4.78 is 29.2. The topological polar surface area (TPSA) is 52.7 Å². The van der Waals surface area contributed by atoms with Crippen LogP contribution in [0.1, 0.15) is 46.0 Å². The quantitative estimate of drug-likeness (QED) is 0.836. The van der Waals surface area contributed by atoms with Crippen molar-refractivity contribution < 1.29 is 8.42 Å². The van der Waals surface area contributed by atoms with E-state index >= 15 is 0 Å². The van der Waals surface area contributed by atoms with Gasteiger partial charge in [0.05, 0.1) is 0 Å². The van der Waals surface area contributed by atoms with E-state index in [0.717, 1.165) is 32.5 Å². The third kappa shape index (κ3) is 4.69. The number of hydrogen-bond donors (Lipinski definition) is 1. The summed E-state index contributed by atoms with van der Waals surface area (Å²) in [6.45, 7) is 8.45. The first kappa shape index (κ1) is 16.2. The molecule has 2 aliphatic rings. The molecule has 0 aromatic heterocycles. The van der Waals surface area contributed by atoms with Gasteiger partial charge in [-0.25, -0.2) is 0 Å². The average molecular weight is 303 g/mol. The highest BCUT2D eigenvalue weighted by atomic mass is 32.2. The molecule has 2 rings (SSSR count). The van der Waals surface area contributed by atoms with E-state index in [1.807, 2.05) is 6.92 Å². The molecule has 0 saturated carbocycles. The molecule has 1 N–H and O–H groups in total. The van der Waals surface area contributed by atoms with Gasteiger partial charge in [0.2, 0.25) is 0 Å². The molecule has 0 radical (unpaired) electrons. The van der Waals surface area contributed by atoms with Crippen LogP contribution < -0.4 is 4.72 Å². The van der Waals surface area contributed by atoms with Crippen LogP contribution in [0, 0.1) is 5.92 Å². The first-order valence-corrected chi connectivity index (χ1v) is 9.41. The van der Waals surface area contributed by atoms with Gasteiger partial charge in [-0.05, 0) is 51.6 Å². The second kappa shape index (κ2) is 7.20. The van der Waals surface area contributed by atoms with Crippen molar-refractivity contribution in [3.8, 4) is 0 Å². The summed E-state index contributed by atoms with van der Waals surface area (Å²) >= 11 is 0. The van der Waals surface area contributed by atoms with Crippen molar-refractivity contribution in [3.63, 3.8) is 0 Å². The first-order valence-electron chi connectivity index (χ1n) is 7.97. The Morgan fingerprint density at radius 3 is 2.50 bits per heavy atom. The molecule has 2 aliphatic heterocycles. The van der Waals surface area contributed by atoms with E-state index in [4.69, 9.17) is 0 Å². The molecule has 5 nitrogen and oxygen atoms in total. The Bertz CT molecular complexity index is 393. The van der Waals surface area contributed by atoms with Crippen LogP contribution in [0.4, 0.5) is 0 Å². The van der Waals surface area contributed by atoms with Gasteiger partial charge in [0.25, 0.3) is 10.2 Å². The van der Waals surface area contributed by atoms with E-state index < -0.39 is 10.2 Å². The van der Waals surface area contributed by atoms with Crippen LogP contribution in [0.5, 0.6) is 0 Å². The van der Waals surface area contributed by atoms with Crippen LogP contribution in [0.15, 0.2) is 0 Å². The fraction of sp³-hybridized carbons (Fsp3) is 1.00. The fourth-order valence-corrected chi connectivity index (χ4v) is 4.81. The van der Waals surface area contributed by atoms with Crippen molar-refractivity contribution >= 4 is 10.2 Å². The van der Waals surface area contributed by atoms with E-state index in [9.17, 15) is 8.42 Å². The Morgan fingerprint density at radius 2 is 1.85 bits per heavy atom. The molecule has 2 saturated heterocycles. The SMILES string of the molecule is C[C@@H]1CCCN(S(=O)(=O)N[C@H](C)CN2CCCCC2)C1. The standard InChI is InChI=1S/C14H29N3O2S/c1-13-7-6-10-17(11-13)20(18,19)15-14(2)12-16-8-4-3-5-9-16/h13-15H,3-12H2,1-2H3/t13-,14-/m1/s1. The number of nitrogens with one attached hydrogen (secondary N) is 1. The Hall–Kier alpha value is -0.170. The minimum atomic E-state index is -3.31. The summed E-state index contributed by atoms with van der Waals surface area (Å²) in [6.07, 6.45) is 5.90. The molecule has 2 fully saturated rings. The number of piperidine rings is 2. The molecule has 2 atom stereocenters. The molecule has 0 aromatic carbocycles. The van der Waals surface area contributed by atoms with E-state index in [-0.39, 0.29) is 6.04 Å². The van der Waals surface area contributed by atoms with Crippen LogP contribution in [0.3, 0.4) is 0 Å². The van der Waals surface area contributed by atoms with Crippen molar-refractivity contribution in [2.75, 3.05) is 32.7 Å². The van der Waals surface area contributed by atoms with E-state index in [2.05, 4.69) is 16.5 Å². The van der Waals surface area contributed by atoms with Crippen molar-refractivity contribution in [3.05, 3.63) is 0 Å². The normalized spacial score (nSPS) is 28.4. The molecule has 0 aliphatic carbocycles. The van der Waals surface area contributed by atoms with Crippen molar-refractivity contribution in [1.29, 1.82) is 0 Å². The van der Waals surface area contributed by atoms with E-state index in [1.165, 1.54) is 19.3 Å². The number of hydrogen-bond acceptors (Lipinski definition) is 3. The smallest absolute Gasteiger partial charge is 0.279 e. The molecular weight excluding hydrogens is 274 g/mol. The van der Waals surface area contributed by atoms with E-state index in [1.54, 1.807) is 4.31 Å². The molecule has 0 unspecified atom stereocenters. The third-order valence-electron chi connectivity index (χ3n) is 4.29. The van der Waals surface area contributed by atoms with E-state index in [0.29, 0.717) is 19.0 Å². The molecule has 20 heavy (non-hydrogen) atoms. The Balaban J connectivity index is 1.83. The fourth-order valence-electron chi connectivity index (χ4n) is 3.26. The average Bonchev–Trinajstić information content (AvgIpc) is 2.39. The highest BCUT2D eigenvalue weighted by Crippen LogP contribution is 2.18. The highest BCUT2D eigenvalue weighted by molar-refractivity contribution is 7.87. The van der Waals surface area contributed by atoms with Gasteiger partial charge in [0.1, 0.15) is 0 Å². The predicted octanol–water partition coefficient (Wildman–Crippen LogP) is 1.43. The van der Waals surface area contributed by atoms with Gasteiger partial charge < -0.3 is 4.90 Å². The van der Waals surface area contributed by atoms with Crippen molar-refractivity contribution in [2.45, 2.75) is 52.0 Å². The zero-order chi connectivity index (χ0) is 14.6. The van der Waals surface area contributed by atoms with Crippen molar-refractivity contribution in [2.24, 2.45) is 5.92 Å². The lowest BCUT2D eigenvalue weighted by Gasteiger charge is -2.33. The Labute approximate surface area is 123 Å². The van der Waals surface area contributed by atoms with Crippen LogP contribution in [0.25, 0.3) is 0 Å². The van der Waals surface area contributed by atoms with Gasteiger partial charge in [-0.2, -0.15) is 17.4 Å². The van der Waals surface area contributed by atoms with Crippen molar-refractivity contribution in [1.82, 2.24) is 13.9 Å². The minimum Gasteiger partial charge on any atom is -0.302 e. The first-order chi connectivity index (χ1) is 9.47. The third-order valence-corrected chi connectivity index (χ3v) is 6.00. The summed E-state index contributed by atoms with van der Waals surface area (Å²) in [5.74, 6) is 0.470. The summed E-state index contributed by atoms with van der Waals surface area (Å²) in [5.41, 5.74) is 0. The zero-order valence-electron chi connectivity index (χ0n) is 12.8. The minimum absolute atomic E-state index is 0.0182. The van der Waals surface area contributed by atoms with Gasteiger partial charge in [0, 0.05) is 25.7 Å². The van der Waals surface area contributed by atoms with Gasteiger partial charge in [-0.3, -0.25) is 0 Å². The monoisotopic (exact) mass is 303 g/mol. The molecule has 0 amide bonds. The lowest BCUT2D eigenvalue weighted by atomic mass is 10.0. The van der Waals surface area contributed by atoms with Crippen LogP contribution >= 0.6 is 0 Å². The zero-order valence-corrected chi connectivity index (χ0v) is 13.7. The van der Waals surface area contributed by atoms with Crippen LogP contribution in [-0.4, -0.2) is 56.4 Å². The second-order valence-electron chi connectivity index (χ2n) is 6.49. The van der Waals surface area contributed by atoms with Gasteiger partial charge in [-0.1, -0.05) is 13.3 Å². The number of nitrogens with zero attached hydrogens (tertiary/aromatic N) is 2. The Morgan fingerprint density at radius 1 is 1.15 bits per heavy atom. The lowest BCUT2D eigenvalue weighted by Crippen LogP contribution is -2.51. The number of likely N-dealkylation sites (tertiary alicyclic amines) is 1. The molecule has 0 spiro atoms. The van der Waals surface area contributed by atoms with Crippen LogP contribution in [-0.2, 0) is 10.2 Å².